The van der Waals surface area contributed by atoms with Gasteiger partial charge in [0.1, 0.15) is 6.04 Å². The van der Waals surface area contributed by atoms with Gasteiger partial charge in [-0.05, 0) is 30.7 Å². The van der Waals surface area contributed by atoms with Crippen molar-refractivity contribution in [3.05, 3.63) is 89.7 Å². The summed E-state index contributed by atoms with van der Waals surface area (Å²) in [5.41, 5.74) is 5.94. The number of fused-ring (bicyclic) bond motifs is 3. The maximum Gasteiger partial charge on any atom is 0.102 e. The predicted octanol–water partition coefficient (Wildman–Crippen LogP) is 4.39. The van der Waals surface area contributed by atoms with Crippen molar-refractivity contribution in [2.24, 2.45) is 4.99 Å². The molecule has 1 atom stereocenters. The molecule has 3 aromatic rings. The first-order chi connectivity index (χ1) is 10.3. The van der Waals surface area contributed by atoms with E-state index in [2.05, 4.69) is 78.4 Å². The predicted molar refractivity (Wildman–Crippen MR) is 86.3 cm³/mol. The minimum absolute atomic E-state index is 0.0577. The molecule has 4 rings (SSSR count). The molecule has 0 fully saturated rings. The highest BCUT2D eigenvalue weighted by atomic mass is 15.0. The van der Waals surface area contributed by atoms with Gasteiger partial charge in [-0.2, -0.15) is 0 Å². The normalized spacial score (nSPS) is 16.6. The Kier molecular flexibility index (Phi) is 2.74. The van der Waals surface area contributed by atoms with E-state index in [-0.39, 0.29) is 6.04 Å². The van der Waals surface area contributed by atoms with Crippen LogP contribution in [0, 0.1) is 0 Å². The van der Waals surface area contributed by atoms with Gasteiger partial charge in [-0.1, -0.05) is 48.5 Å². The summed E-state index contributed by atoms with van der Waals surface area (Å²) in [6.07, 6.45) is 2.11. The zero-order chi connectivity index (χ0) is 14.2. The second-order valence-corrected chi connectivity index (χ2v) is 5.35. The molecule has 2 heteroatoms. The highest BCUT2D eigenvalue weighted by Crippen LogP contribution is 2.34. The van der Waals surface area contributed by atoms with Crippen LogP contribution in [0.3, 0.4) is 0 Å². The highest BCUT2D eigenvalue weighted by Gasteiger charge is 2.22. The quantitative estimate of drug-likeness (QED) is 0.625. The third kappa shape index (κ3) is 1.91. The number of nitrogens with zero attached hydrogens (tertiary/aromatic N) is 2. The lowest BCUT2D eigenvalue weighted by molar-refractivity contribution is 0.868. The second kappa shape index (κ2) is 4.74. The van der Waals surface area contributed by atoms with E-state index in [9.17, 15) is 0 Å². The molecule has 0 spiro atoms. The first-order valence-electron chi connectivity index (χ1n) is 7.21. The average molecular weight is 272 g/mol. The topological polar surface area (TPSA) is 17.3 Å². The molecule has 2 heterocycles. The van der Waals surface area contributed by atoms with Crippen molar-refractivity contribution in [2.45, 2.75) is 13.0 Å². The highest BCUT2D eigenvalue weighted by molar-refractivity contribution is 5.98. The molecular formula is C19H16N2. The summed E-state index contributed by atoms with van der Waals surface area (Å²) in [4.78, 5) is 5.00. The fourth-order valence-corrected chi connectivity index (χ4v) is 3.04. The maximum absolute atomic E-state index is 5.00. The smallest absolute Gasteiger partial charge is 0.102 e. The standard InChI is InChI=1S/C19H16N2/c1-14-17-12-7-13-21(17)18-11-6-5-10-16(18)19(20-14)15-8-3-2-4-9-15/h2-13,19H,1H3/t19-/m1/s1. The summed E-state index contributed by atoms with van der Waals surface area (Å²) < 4.78 is 2.23. The molecule has 0 radical (unpaired) electrons. The van der Waals surface area contributed by atoms with Crippen molar-refractivity contribution in [3.63, 3.8) is 0 Å². The number of hydrogen-bond donors (Lipinski definition) is 0. The van der Waals surface area contributed by atoms with Gasteiger partial charge in [-0.3, -0.25) is 4.99 Å². The summed E-state index contributed by atoms with van der Waals surface area (Å²) >= 11 is 0. The third-order valence-corrected chi connectivity index (χ3v) is 4.05. The van der Waals surface area contributed by atoms with E-state index in [1.54, 1.807) is 0 Å². The van der Waals surface area contributed by atoms with E-state index in [0.717, 1.165) is 5.71 Å². The monoisotopic (exact) mass is 272 g/mol. The van der Waals surface area contributed by atoms with Gasteiger partial charge in [-0.25, -0.2) is 0 Å². The molecule has 0 bridgehead atoms. The number of para-hydroxylation sites is 1. The molecule has 1 aliphatic rings. The Morgan fingerprint density at radius 1 is 0.857 bits per heavy atom. The molecule has 0 aliphatic carbocycles. The maximum atomic E-state index is 5.00. The van der Waals surface area contributed by atoms with Gasteiger partial charge in [-0.15, -0.1) is 0 Å². The zero-order valence-corrected chi connectivity index (χ0v) is 11.9. The van der Waals surface area contributed by atoms with Crippen LogP contribution >= 0.6 is 0 Å². The van der Waals surface area contributed by atoms with Gasteiger partial charge in [0, 0.05) is 11.8 Å². The Morgan fingerprint density at radius 2 is 1.62 bits per heavy atom. The van der Waals surface area contributed by atoms with E-state index in [1.807, 2.05) is 6.07 Å². The van der Waals surface area contributed by atoms with Gasteiger partial charge in [0.05, 0.1) is 17.1 Å². The molecule has 0 saturated heterocycles. The van der Waals surface area contributed by atoms with E-state index in [4.69, 9.17) is 4.99 Å². The first kappa shape index (κ1) is 12.2. The van der Waals surface area contributed by atoms with Crippen molar-refractivity contribution in [1.82, 2.24) is 4.57 Å². The first-order valence-corrected chi connectivity index (χ1v) is 7.21. The van der Waals surface area contributed by atoms with Gasteiger partial charge in [0.15, 0.2) is 0 Å². The van der Waals surface area contributed by atoms with Gasteiger partial charge >= 0.3 is 0 Å². The summed E-state index contributed by atoms with van der Waals surface area (Å²) in [6.45, 7) is 2.09. The number of rotatable bonds is 1. The molecule has 0 unspecified atom stereocenters. The summed E-state index contributed by atoms with van der Waals surface area (Å²) in [5.74, 6) is 0. The van der Waals surface area contributed by atoms with Crippen LogP contribution in [0.4, 0.5) is 0 Å². The lowest BCUT2D eigenvalue weighted by Crippen LogP contribution is -2.03. The second-order valence-electron chi connectivity index (χ2n) is 5.35. The van der Waals surface area contributed by atoms with Gasteiger partial charge in [0.25, 0.3) is 0 Å². The average Bonchev–Trinajstić information content (AvgIpc) is 2.99. The lowest BCUT2D eigenvalue weighted by Gasteiger charge is -2.16. The molecule has 1 aromatic heterocycles. The van der Waals surface area contributed by atoms with Crippen LogP contribution in [0.2, 0.25) is 0 Å². The van der Waals surface area contributed by atoms with Crippen LogP contribution in [-0.2, 0) is 0 Å². The van der Waals surface area contributed by atoms with Crippen molar-refractivity contribution < 1.29 is 0 Å². The fraction of sp³-hybridized carbons (Fsp3) is 0.105. The molecule has 2 aromatic carbocycles. The van der Waals surface area contributed by atoms with Crippen LogP contribution in [0.15, 0.2) is 77.9 Å². The van der Waals surface area contributed by atoms with Crippen LogP contribution in [0.25, 0.3) is 5.69 Å². The van der Waals surface area contributed by atoms with Crippen molar-refractivity contribution in [2.75, 3.05) is 0 Å². The molecule has 0 N–H and O–H groups in total. The van der Waals surface area contributed by atoms with E-state index < -0.39 is 0 Å². The molecule has 102 valence electrons. The van der Waals surface area contributed by atoms with E-state index >= 15 is 0 Å². The summed E-state index contributed by atoms with van der Waals surface area (Å²) in [7, 11) is 0. The van der Waals surface area contributed by atoms with Crippen LogP contribution in [0.1, 0.15) is 29.8 Å². The SMILES string of the molecule is CC1=N[C@H](c2ccccc2)c2ccccc2-n2cccc21. The molecular weight excluding hydrogens is 256 g/mol. The zero-order valence-electron chi connectivity index (χ0n) is 11.9. The number of hydrogen-bond acceptors (Lipinski definition) is 1. The fourth-order valence-electron chi connectivity index (χ4n) is 3.04. The Hall–Kier alpha value is -2.61. The number of aromatic nitrogens is 1. The largest absolute Gasteiger partial charge is 0.315 e. The van der Waals surface area contributed by atoms with E-state index in [1.165, 1.54) is 22.5 Å². The Morgan fingerprint density at radius 3 is 2.48 bits per heavy atom. The number of aliphatic imine (C=N–C) groups is 1. The molecule has 0 amide bonds. The minimum atomic E-state index is 0.0577. The Bertz CT molecular complexity index is 812. The Labute approximate surface area is 124 Å². The number of benzene rings is 2. The third-order valence-electron chi connectivity index (χ3n) is 4.05. The van der Waals surface area contributed by atoms with Crippen LogP contribution in [0.5, 0.6) is 0 Å². The minimum Gasteiger partial charge on any atom is -0.315 e. The van der Waals surface area contributed by atoms with Crippen molar-refractivity contribution >= 4 is 5.71 Å². The van der Waals surface area contributed by atoms with Crippen molar-refractivity contribution in [3.8, 4) is 5.69 Å². The molecule has 21 heavy (non-hydrogen) atoms. The molecule has 0 saturated carbocycles. The van der Waals surface area contributed by atoms with Crippen LogP contribution < -0.4 is 0 Å². The van der Waals surface area contributed by atoms with Gasteiger partial charge in [0.2, 0.25) is 0 Å². The van der Waals surface area contributed by atoms with Crippen LogP contribution in [-0.4, -0.2) is 10.3 Å². The summed E-state index contributed by atoms with van der Waals surface area (Å²) in [5, 5.41) is 0. The van der Waals surface area contributed by atoms with Gasteiger partial charge < -0.3 is 4.57 Å². The lowest BCUT2D eigenvalue weighted by atomic mass is 9.98. The molecule has 1 aliphatic heterocycles. The molecule has 2 nitrogen and oxygen atoms in total. The Balaban J connectivity index is 2.01. The summed E-state index contributed by atoms with van der Waals surface area (Å²) in [6, 6.07) is 23.3. The van der Waals surface area contributed by atoms with E-state index in [0.29, 0.717) is 0 Å². The van der Waals surface area contributed by atoms with Crippen molar-refractivity contribution in [1.29, 1.82) is 0 Å².